The average Bonchev–Trinajstić information content (AvgIpc) is 2.76. The number of rotatable bonds is 0. The van der Waals surface area contributed by atoms with E-state index in [9.17, 15) is 4.79 Å². The van der Waals surface area contributed by atoms with Gasteiger partial charge in [-0.3, -0.25) is 4.79 Å². The lowest BCUT2D eigenvalue weighted by Gasteiger charge is -1.99. The van der Waals surface area contributed by atoms with Crippen LogP contribution < -0.4 is 5.56 Å². The summed E-state index contributed by atoms with van der Waals surface area (Å²) >= 11 is 0. The predicted octanol–water partition coefficient (Wildman–Crippen LogP) is 2.64. The van der Waals surface area contributed by atoms with Gasteiger partial charge in [0.05, 0.1) is 21.9 Å². The van der Waals surface area contributed by atoms with E-state index in [4.69, 9.17) is 0 Å². The van der Waals surface area contributed by atoms with E-state index >= 15 is 0 Å². The first-order chi connectivity index (χ1) is 9.24. The summed E-state index contributed by atoms with van der Waals surface area (Å²) in [5, 5.41) is 0.641. The highest BCUT2D eigenvalue weighted by atomic mass is 16.1. The number of para-hydroxylation sites is 1. The van der Waals surface area contributed by atoms with Gasteiger partial charge in [0.15, 0.2) is 0 Å². The molecule has 0 saturated carbocycles. The molecule has 4 aromatic rings. The standard InChI is InChI=1S/C15H11N3O/c1-9-6-7-12-13(8-9)18-14(19)10-4-2-3-5-11(10)16-15(18)17-12/h2-8H,1H3,(H,16,17). The molecule has 92 valence electrons. The van der Waals surface area contributed by atoms with E-state index in [0.717, 1.165) is 22.1 Å². The number of nitrogens with zero attached hydrogens (tertiary/aromatic N) is 2. The van der Waals surface area contributed by atoms with Gasteiger partial charge in [-0.2, -0.15) is 0 Å². The van der Waals surface area contributed by atoms with Crippen LogP contribution in [-0.4, -0.2) is 14.4 Å². The molecule has 4 nitrogen and oxygen atoms in total. The third-order valence-electron chi connectivity index (χ3n) is 3.42. The quantitative estimate of drug-likeness (QED) is 0.521. The van der Waals surface area contributed by atoms with Gasteiger partial charge in [-0.05, 0) is 36.8 Å². The molecular formula is C15H11N3O. The Kier molecular flexibility index (Phi) is 1.87. The molecule has 0 aliphatic heterocycles. The minimum atomic E-state index is -0.0301. The highest BCUT2D eigenvalue weighted by Crippen LogP contribution is 2.17. The number of hydrogen-bond acceptors (Lipinski definition) is 2. The van der Waals surface area contributed by atoms with Gasteiger partial charge in [0.1, 0.15) is 0 Å². The summed E-state index contributed by atoms with van der Waals surface area (Å²) in [5.74, 6) is 0.587. The maximum Gasteiger partial charge on any atom is 0.267 e. The summed E-state index contributed by atoms with van der Waals surface area (Å²) in [4.78, 5) is 20.3. The van der Waals surface area contributed by atoms with Crippen molar-refractivity contribution in [2.24, 2.45) is 0 Å². The molecule has 0 amide bonds. The summed E-state index contributed by atoms with van der Waals surface area (Å²) in [6, 6.07) is 13.4. The van der Waals surface area contributed by atoms with Gasteiger partial charge in [-0.1, -0.05) is 18.2 Å². The highest BCUT2D eigenvalue weighted by molar-refractivity contribution is 5.85. The van der Waals surface area contributed by atoms with Crippen molar-refractivity contribution >= 4 is 27.7 Å². The highest BCUT2D eigenvalue weighted by Gasteiger charge is 2.10. The van der Waals surface area contributed by atoms with Crippen molar-refractivity contribution in [3.8, 4) is 0 Å². The largest absolute Gasteiger partial charge is 0.323 e. The van der Waals surface area contributed by atoms with Crippen LogP contribution in [0.1, 0.15) is 5.56 Å². The van der Waals surface area contributed by atoms with E-state index in [1.807, 2.05) is 49.4 Å². The van der Waals surface area contributed by atoms with Crippen molar-refractivity contribution in [2.75, 3.05) is 0 Å². The number of aryl methyl sites for hydroxylation is 1. The van der Waals surface area contributed by atoms with Crippen LogP contribution in [0.25, 0.3) is 27.7 Å². The second kappa shape index (κ2) is 3.45. The Bertz CT molecular complexity index is 995. The van der Waals surface area contributed by atoms with E-state index in [1.165, 1.54) is 0 Å². The average molecular weight is 249 g/mol. The Labute approximate surface area is 108 Å². The molecule has 4 rings (SSSR count). The number of H-pyrrole nitrogens is 1. The molecule has 0 atom stereocenters. The number of aromatic nitrogens is 3. The molecule has 2 aromatic heterocycles. The molecular weight excluding hydrogens is 238 g/mol. The van der Waals surface area contributed by atoms with Crippen molar-refractivity contribution in [1.82, 2.24) is 14.4 Å². The van der Waals surface area contributed by atoms with Crippen molar-refractivity contribution in [3.05, 3.63) is 58.4 Å². The van der Waals surface area contributed by atoms with Crippen LogP contribution in [0.3, 0.4) is 0 Å². The summed E-state index contributed by atoms with van der Waals surface area (Å²) in [6.45, 7) is 2.01. The molecule has 0 bridgehead atoms. The summed E-state index contributed by atoms with van der Waals surface area (Å²) in [7, 11) is 0. The maximum atomic E-state index is 12.6. The fourth-order valence-electron chi connectivity index (χ4n) is 2.49. The van der Waals surface area contributed by atoms with Gasteiger partial charge < -0.3 is 4.98 Å². The first-order valence-corrected chi connectivity index (χ1v) is 6.14. The minimum absolute atomic E-state index is 0.0301. The van der Waals surface area contributed by atoms with Gasteiger partial charge in [0.2, 0.25) is 5.78 Å². The number of nitrogens with one attached hydrogen (secondary N) is 1. The van der Waals surface area contributed by atoms with Crippen LogP contribution >= 0.6 is 0 Å². The zero-order chi connectivity index (χ0) is 13.0. The van der Waals surface area contributed by atoms with Crippen LogP contribution in [0.2, 0.25) is 0 Å². The molecule has 0 spiro atoms. The third kappa shape index (κ3) is 1.34. The monoisotopic (exact) mass is 249 g/mol. The normalized spacial score (nSPS) is 11.6. The van der Waals surface area contributed by atoms with Gasteiger partial charge in [-0.15, -0.1) is 0 Å². The molecule has 0 aliphatic rings. The van der Waals surface area contributed by atoms with Gasteiger partial charge in [-0.25, -0.2) is 9.38 Å². The van der Waals surface area contributed by atoms with Crippen molar-refractivity contribution in [3.63, 3.8) is 0 Å². The van der Waals surface area contributed by atoms with Crippen LogP contribution in [0.4, 0.5) is 0 Å². The summed E-state index contributed by atoms with van der Waals surface area (Å²) in [6.07, 6.45) is 0. The van der Waals surface area contributed by atoms with Crippen molar-refractivity contribution in [1.29, 1.82) is 0 Å². The number of hydrogen-bond donors (Lipinski definition) is 1. The molecule has 0 aliphatic carbocycles. The van der Waals surface area contributed by atoms with Crippen LogP contribution in [0, 0.1) is 6.92 Å². The Balaban J connectivity index is 2.35. The topological polar surface area (TPSA) is 50.2 Å². The van der Waals surface area contributed by atoms with Crippen LogP contribution in [0.5, 0.6) is 0 Å². The van der Waals surface area contributed by atoms with E-state index in [1.54, 1.807) is 4.40 Å². The van der Waals surface area contributed by atoms with E-state index in [0.29, 0.717) is 11.2 Å². The zero-order valence-electron chi connectivity index (χ0n) is 10.3. The van der Waals surface area contributed by atoms with Crippen LogP contribution in [-0.2, 0) is 0 Å². The predicted molar refractivity (Wildman–Crippen MR) is 75.6 cm³/mol. The minimum Gasteiger partial charge on any atom is -0.323 e. The Hall–Kier alpha value is -2.62. The van der Waals surface area contributed by atoms with E-state index in [-0.39, 0.29) is 5.56 Å². The molecule has 1 N–H and O–H groups in total. The maximum absolute atomic E-state index is 12.6. The number of imidazole rings is 1. The molecule has 0 unspecified atom stereocenters. The third-order valence-corrected chi connectivity index (χ3v) is 3.42. The van der Waals surface area contributed by atoms with E-state index in [2.05, 4.69) is 9.97 Å². The van der Waals surface area contributed by atoms with Crippen molar-refractivity contribution in [2.45, 2.75) is 6.92 Å². The summed E-state index contributed by atoms with van der Waals surface area (Å²) in [5.41, 5.74) is 3.60. The van der Waals surface area contributed by atoms with Gasteiger partial charge in [0, 0.05) is 0 Å². The molecule has 19 heavy (non-hydrogen) atoms. The Morgan fingerprint density at radius 2 is 2.00 bits per heavy atom. The zero-order valence-corrected chi connectivity index (χ0v) is 10.3. The molecule has 0 radical (unpaired) electrons. The second-order valence-electron chi connectivity index (χ2n) is 4.74. The number of benzene rings is 2. The lowest BCUT2D eigenvalue weighted by atomic mass is 10.2. The van der Waals surface area contributed by atoms with E-state index < -0.39 is 0 Å². The number of aromatic amines is 1. The van der Waals surface area contributed by atoms with Crippen molar-refractivity contribution < 1.29 is 0 Å². The molecule has 4 heteroatoms. The first kappa shape index (κ1) is 10.3. The van der Waals surface area contributed by atoms with Gasteiger partial charge >= 0.3 is 0 Å². The molecule has 2 heterocycles. The Morgan fingerprint density at radius 3 is 2.89 bits per heavy atom. The number of fused-ring (bicyclic) bond motifs is 4. The Morgan fingerprint density at radius 1 is 1.16 bits per heavy atom. The lowest BCUT2D eigenvalue weighted by molar-refractivity contribution is 1.12. The smallest absolute Gasteiger partial charge is 0.267 e. The molecule has 0 saturated heterocycles. The first-order valence-electron chi connectivity index (χ1n) is 6.14. The fourth-order valence-corrected chi connectivity index (χ4v) is 2.49. The second-order valence-corrected chi connectivity index (χ2v) is 4.74. The summed E-state index contributed by atoms with van der Waals surface area (Å²) < 4.78 is 1.64. The van der Waals surface area contributed by atoms with Crippen LogP contribution in [0.15, 0.2) is 47.3 Å². The SMILES string of the molecule is Cc1ccc2[nH]c3nc4ccccc4c(=O)n3c2c1. The molecule has 2 aromatic carbocycles. The molecule has 0 fully saturated rings. The lowest BCUT2D eigenvalue weighted by Crippen LogP contribution is -2.13. The fraction of sp³-hybridized carbons (Fsp3) is 0.0667. The van der Waals surface area contributed by atoms with Gasteiger partial charge in [0.25, 0.3) is 5.56 Å².